The molecule has 1 aliphatic rings. The Hall–Kier alpha value is -2.05. The fraction of sp³-hybridized carbons (Fsp3) is 0.476. The first kappa shape index (κ1) is 19.7. The van der Waals surface area contributed by atoms with E-state index in [1.807, 2.05) is 0 Å². The molecule has 1 amide bonds. The van der Waals surface area contributed by atoms with Gasteiger partial charge in [-0.15, -0.1) is 0 Å². The number of hydrogen-bond acceptors (Lipinski definition) is 5. The Morgan fingerprint density at radius 3 is 2.56 bits per heavy atom. The molecule has 1 aliphatic heterocycles. The molecule has 0 unspecified atom stereocenters. The number of amides is 1. The topological polar surface area (TPSA) is 50.8 Å². The van der Waals surface area contributed by atoms with E-state index in [4.69, 9.17) is 9.47 Å². The minimum atomic E-state index is -0.138. The number of methoxy groups -OCH3 is 2. The molecule has 1 aromatic heterocycles. The Bertz CT molecular complexity index is 725. The number of nitrogens with one attached hydrogen (secondary N) is 1. The van der Waals surface area contributed by atoms with Gasteiger partial charge in [0.05, 0.1) is 25.8 Å². The zero-order valence-corrected chi connectivity index (χ0v) is 16.9. The molecular formula is C21H28N2O3S. The molecule has 3 rings (SSSR count). The van der Waals surface area contributed by atoms with Crippen molar-refractivity contribution in [3.05, 3.63) is 46.2 Å². The summed E-state index contributed by atoms with van der Waals surface area (Å²) >= 11 is 1.70. The molecule has 1 N–H and O–H groups in total. The number of ether oxygens (including phenoxy) is 2. The van der Waals surface area contributed by atoms with Crippen LogP contribution in [0.3, 0.4) is 0 Å². The van der Waals surface area contributed by atoms with Crippen LogP contribution in [-0.2, 0) is 0 Å². The van der Waals surface area contributed by atoms with Crippen molar-refractivity contribution in [3.8, 4) is 11.5 Å². The summed E-state index contributed by atoms with van der Waals surface area (Å²) in [6.07, 6.45) is 5.02. The van der Waals surface area contributed by atoms with E-state index in [1.165, 1.54) is 31.2 Å². The molecule has 6 heteroatoms. The molecule has 27 heavy (non-hydrogen) atoms. The third kappa shape index (κ3) is 4.82. The summed E-state index contributed by atoms with van der Waals surface area (Å²) in [5.41, 5.74) is 1.77. The van der Waals surface area contributed by atoms with Gasteiger partial charge in [-0.3, -0.25) is 9.69 Å². The van der Waals surface area contributed by atoms with Crippen molar-refractivity contribution in [2.75, 3.05) is 33.9 Å². The second kappa shape index (κ2) is 9.76. The number of carbonyl (C=O) groups is 1. The number of thiophene rings is 1. The normalized spacial score (nSPS) is 16.4. The van der Waals surface area contributed by atoms with Gasteiger partial charge >= 0.3 is 0 Å². The minimum absolute atomic E-state index is 0.138. The first-order valence-corrected chi connectivity index (χ1v) is 10.4. The van der Waals surface area contributed by atoms with Crippen molar-refractivity contribution >= 4 is 17.2 Å². The largest absolute Gasteiger partial charge is 0.493 e. The first-order valence-electron chi connectivity index (χ1n) is 9.50. The van der Waals surface area contributed by atoms with E-state index in [0.29, 0.717) is 23.6 Å². The number of nitrogens with zero attached hydrogens (tertiary/aromatic N) is 1. The van der Waals surface area contributed by atoms with Crippen LogP contribution in [0.15, 0.2) is 35.0 Å². The summed E-state index contributed by atoms with van der Waals surface area (Å²) in [4.78, 5) is 15.4. The van der Waals surface area contributed by atoms with Crippen LogP contribution in [0, 0.1) is 0 Å². The van der Waals surface area contributed by atoms with E-state index >= 15 is 0 Å². The van der Waals surface area contributed by atoms with Gasteiger partial charge < -0.3 is 14.8 Å². The zero-order valence-electron chi connectivity index (χ0n) is 16.1. The van der Waals surface area contributed by atoms with Crippen LogP contribution in [0.25, 0.3) is 0 Å². The highest BCUT2D eigenvalue weighted by Crippen LogP contribution is 2.31. The quantitative estimate of drug-likeness (QED) is 0.775. The minimum Gasteiger partial charge on any atom is -0.493 e. The SMILES string of the molecule is COc1cccc(C(=O)NC[C@@H](c2ccsc2)N2CCCCCC2)c1OC. The van der Waals surface area contributed by atoms with Crippen molar-refractivity contribution < 1.29 is 14.3 Å². The lowest BCUT2D eigenvalue weighted by Gasteiger charge is -2.30. The van der Waals surface area contributed by atoms with Crippen molar-refractivity contribution in [3.63, 3.8) is 0 Å². The van der Waals surface area contributed by atoms with Gasteiger partial charge in [-0.25, -0.2) is 0 Å². The number of hydrogen-bond donors (Lipinski definition) is 1. The smallest absolute Gasteiger partial charge is 0.255 e. The molecule has 0 radical (unpaired) electrons. The summed E-state index contributed by atoms with van der Waals surface area (Å²) in [6.45, 7) is 2.74. The first-order chi connectivity index (χ1) is 13.2. The highest BCUT2D eigenvalue weighted by Gasteiger charge is 2.24. The van der Waals surface area contributed by atoms with Crippen molar-refractivity contribution in [2.45, 2.75) is 31.7 Å². The summed E-state index contributed by atoms with van der Waals surface area (Å²) in [6, 6.07) is 7.73. The van der Waals surface area contributed by atoms with Crippen molar-refractivity contribution in [2.24, 2.45) is 0 Å². The highest BCUT2D eigenvalue weighted by atomic mass is 32.1. The lowest BCUT2D eigenvalue weighted by Crippen LogP contribution is -2.38. The van der Waals surface area contributed by atoms with E-state index in [9.17, 15) is 4.79 Å². The highest BCUT2D eigenvalue weighted by molar-refractivity contribution is 7.07. The predicted octanol–water partition coefficient (Wildman–Crippen LogP) is 4.11. The maximum atomic E-state index is 12.9. The average Bonchev–Trinajstić information content (AvgIpc) is 3.10. The maximum absolute atomic E-state index is 12.9. The van der Waals surface area contributed by atoms with Gasteiger partial charge in [0, 0.05) is 6.54 Å². The second-order valence-electron chi connectivity index (χ2n) is 6.77. The van der Waals surface area contributed by atoms with Crippen LogP contribution in [0.5, 0.6) is 11.5 Å². The molecule has 0 aliphatic carbocycles. The van der Waals surface area contributed by atoms with Crippen LogP contribution in [0.1, 0.15) is 47.6 Å². The van der Waals surface area contributed by atoms with E-state index in [-0.39, 0.29) is 11.9 Å². The van der Waals surface area contributed by atoms with E-state index in [2.05, 4.69) is 27.0 Å². The third-order valence-corrected chi connectivity index (χ3v) is 5.81. The average molecular weight is 389 g/mol. The Kier molecular flexibility index (Phi) is 7.12. The third-order valence-electron chi connectivity index (χ3n) is 5.11. The molecule has 0 bridgehead atoms. The summed E-state index contributed by atoms with van der Waals surface area (Å²) in [5.74, 6) is 0.896. The molecule has 2 aromatic rings. The molecule has 1 saturated heterocycles. The molecule has 5 nitrogen and oxygen atoms in total. The number of para-hydroxylation sites is 1. The Morgan fingerprint density at radius 2 is 1.93 bits per heavy atom. The fourth-order valence-electron chi connectivity index (χ4n) is 3.68. The van der Waals surface area contributed by atoms with Crippen LogP contribution in [0.4, 0.5) is 0 Å². The van der Waals surface area contributed by atoms with Gasteiger partial charge in [0.1, 0.15) is 0 Å². The summed E-state index contributed by atoms with van der Waals surface area (Å²) in [7, 11) is 3.13. The molecule has 1 aromatic carbocycles. The van der Waals surface area contributed by atoms with Gasteiger partial charge in [0.25, 0.3) is 5.91 Å². The molecular weight excluding hydrogens is 360 g/mol. The monoisotopic (exact) mass is 388 g/mol. The van der Waals surface area contributed by atoms with Gasteiger partial charge in [-0.05, 0) is 60.5 Å². The summed E-state index contributed by atoms with van der Waals surface area (Å²) in [5, 5.41) is 7.41. The van der Waals surface area contributed by atoms with Crippen LogP contribution < -0.4 is 14.8 Å². The van der Waals surface area contributed by atoms with Gasteiger partial charge in [0.15, 0.2) is 11.5 Å². The van der Waals surface area contributed by atoms with Gasteiger partial charge in [0.2, 0.25) is 0 Å². The Balaban J connectivity index is 1.74. The Morgan fingerprint density at radius 1 is 1.15 bits per heavy atom. The van der Waals surface area contributed by atoms with Crippen molar-refractivity contribution in [1.29, 1.82) is 0 Å². The number of rotatable bonds is 7. The molecule has 0 spiro atoms. The fourth-order valence-corrected chi connectivity index (χ4v) is 4.39. The number of carbonyl (C=O) groups excluding carboxylic acids is 1. The number of benzene rings is 1. The molecule has 2 heterocycles. The van der Waals surface area contributed by atoms with E-state index in [1.54, 1.807) is 43.8 Å². The molecule has 1 fully saturated rings. The van der Waals surface area contributed by atoms with Gasteiger partial charge in [-0.2, -0.15) is 11.3 Å². The lowest BCUT2D eigenvalue weighted by molar-refractivity contribution is 0.0929. The molecule has 146 valence electrons. The predicted molar refractivity (Wildman–Crippen MR) is 109 cm³/mol. The van der Waals surface area contributed by atoms with Crippen LogP contribution in [-0.4, -0.2) is 44.7 Å². The zero-order chi connectivity index (χ0) is 19.1. The maximum Gasteiger partial charge on any atom is 0.255 e. The van der Waals surface area contributed by atoms with E-state index < -0.39 is 0 Å². The summed E-state index contributed by atoms with van der Waals surface area (Å²) < 4.78 is 10.7. The molecule has 0 saturated carbocycles. The van der Waals surface area contributed by atoms with Crippen LogP contribution >= 0.6 is 11.3 Å². The van der Waals surface area contributed by atoms with Crippen LogP contribution in [0.2, 0.25) is 0 Å². The standard InChI is InChI=1S/C21H28N2O3S/c1-25-19-9-7-8-17(20(19)26-2)21(24)22-14-18(16-10-13-27-15-16)23-11-5-3-4-6-12-23/h7-10,13,15,18H,3-6,11-12,14H2,1-2H3,(H,22,24)/t18-/m0/s1. The Labute approximate surface area is 165 Å². The van der Waals surface area contributed by atoms with E-state index in [0.717, 1.165) is 13.1 Å². The molecule has 1 atom stereocenters. The second-order valence-corrected chi connectivity index (χ2v) is 7.55. The van der Waals surface area contributed by atoms with Gasteiger partial charge in [-0.1, -0.05) is 18.9 Å². The number of likely N-dealkylation sites (tertiary alicyclic amines) is 1. The van der Waals surface area contributed by atoms with Crippen molar-refractivity contribution in [1.82, 2.24) is 10.2 Å². The lowest BCUT2D eigenvalue weighted by atomic mass is 10.1.